The zero-order valence-corrected chi connectivity index (χ0v) is 10.4. The van der Waals surface area contributed by atoms with Crippen LogP contribution in [0.3, 0.4) is 0 Å². The van der Waals surface area contributed by atoms with Crippen LogP contribution in [-0.4, -0.2) is 40.1 Å². The van der Waals surface area contributed by atoms with Crippen LogP contribution < -0.4 is 0 Å². The molecule has 2 rings (SSSR count). The lowest BCUT2D eigenvalue weighted by molar-refractivity contribution is -0.146. The second-order valence-corrected chi connectivity index (χ2v) is 4.32. The fraction of sp³-hybridized carbons (Fsp3) is 0.667. The van der Waals surface area contributed by atoms with Gasteiger partial charge in [0, 0.05) is 19.3 Å². The van der Waals surface area contributed by atoms with E-state index >= 15 is 0 Å². The molecule has 1 aromatic heterocycles. The molecule has 0 N–H and O–H groups in total. The van der Waals surface area contributed by atoms with Crippen molar-refractivity contribution in [3.05, 3.63) is 18.2 Å². The van der Waals surface area contributed by atoms with E-state index in [9.17, 15) is 4.79 Å². The summed E-state index contributed by atoms with van der Waals surface area (Å²) >= 11 is 0. The van der Waals surface area contributed by atoms with Gasteiger partial charge in [0.2, 0.25) is 0 Å². The summed E-state index contributed by atoms with van der Waals surface area (Å²) in [5.41, 5.74) is 1.16. The van der Waals surface area contributed by atoms with Gasteiger partial charge < -0.3 is 9.30 Å². The number of aromatic nitrogens is 2. The first kappa shape index (κ1) is 12.1. The van der Waals surface area contributed by atoms with Gasteiger partial charge >= 0.3 is 5.97 Å². The average Bonchev–Trinajstić information content (AvgIpc) is 2.97. The number of carbonyl (C=O) groups excluding carboxylic acids is 1. The van der Waals surface area contributed by atoms with Gasteiger partial charge in [0.05, 0.1) is 19.1 Å². The SMILES string of the molecule is CCn1cncc1CN1CCCC1C(=O)OC. The van der Waals surface area contributed by atoms with Crippen LogP contribution in [0.15, 0.2) is 12.5 Å². The highest BCUT2D eigenvalue weighted by Gasteiger charge is 2.31. The van der Waals surface area contributed by atoms with Crippen molar-refractivity contribution in [3.8, 4) is 0 Å². The standard InChI is InChI=1S/C12H19N3O2/c1-3-14-9-13-7-10(14)8-15-6-4-5-11(15)12(16)17-2/h7,9,11H,3-6,8H2,1-2H3. The Kier molecular flexibility index (Phi) is 3.78. The van der Waals surface area contributed by atoms with Crippen molar-refractivity contribution < 1.29 is 9.53 Å². The summed E-state index contributed by atoms with van der Waals surface area (Å²) in [6.45, 7) is 4.72. The highest BCUT2D eigenvalue weighted by Crippen LogP contribution is 2.20. The van der Waals surface area contributed by atoms with Crippen molar-refractivity contribution in [1.82, 2.24) is 14.5 Å². The molecule has 5 heteroatoms. The van der Waals surface area contributed by atoms with Crippen molar-refractivity contribution in [3.63, 3.8) is 0 Å². The summed E-state index contributed by atoms with van der Waals surface area (Å²) in [6.07, 6.45) is 5.65. The molecule has 1 aromatic rings. The van der Waals surface area contributed by atoms with E-state index in [1.165, 1.54) is 7.11 Å². The zero-order chi connectivity index (χ0) is 12.3. The molecule has 1 saturated heterocycles. The van der Waals surface area contributed by atoms with Crippen molar-refractivity contribution >= 4 is 5.97 Å². The molecule has 1 unspecified atom stereocenters. The molecule has 94 valence electrons. The maximum absolute atomic E-state index is 11.6. The molecule has 0 aromatic carbocycles. The molecule has 0 bridgehead atoms. The first-order chi connectivity index (χ1) is 8.26. The Labute approximate surface area is 101 Å². The maximum atomic E-state index is 11.6. The highest BCUT2D eigenvalue weighted by atomic mass is 16.5. The van der Waals surface area contributed by atoms with Crippen LogP contribution in [0.4, 0.5) is 0 Å². The lowest BCUT2D eigenvalue weighted by Crippen LogP contribution is -2.36. The summed E-state index contributed by atoms with van der Waals surface area (Å²) in [5.74, 6) is -0.120. The molecule has 1 fully saturated rings. The normalized spacial score (nSPS) is 20.7. The number of methoxy groups -OCH3 is 1. The molecule has 1 aliphatic heterocycles. The van der Waals surface area contributed by atoms with Gasteiger partial charge in [-0.05, 0) is 26.3 Å². The number of carbonyl (C=O) groups is 1. The number of imidazole rings is 1. The highest BCUT2D eigenvalue weighted by molar-refractivity contribution is 5.75. The molecule has 1 atom stereocenters. The van der Waals surface area contributed by atoms with Crippen LogP contribution in [0, 0.1) is 0 Å². The fourth-order valence-electron chi connectivity index (χ4n) is 2.39. The second-order valence-electron chi connectivity index (χ2n) is 4.32. The van der Waals surface area contributed by atoms with Crippen molar-refractivity contribution in [2.75, 3.05) is 13.7 Å². The molecule has 17 heavy (non-hydrogen) atoms. The Morgan fingerprint density at radius 3 is 3.18 bits per heavy atom. The summed E-state index contributed by atoms with van der Waals surface area (Å²) < 4.78 is 6.94. The molecule has 1 aliphatic rings. The lowest BCUT2D eigenvalue weighted by Gasteiger charge is -2.22. The minimum Gasteiger partial charge on any atom is -0.468 e. The number of ether oxygens (including phenoxy) is 1. The minimum absolute atomic E-state index is 0.0831. The van der Waals surface area contributed by atoms with Gasteiger partial charge in [-0.15, -0.1) is 0 Å². The Morgan fingerprint density at radius 2 is 2.47 bits per heavy atom. The van der Waals surface area contributed by atoms with Gasteiger partial charge in [-0.25, -0.2) is 4.98 Å². The number of esters is 1. The van der Waals surface area contributed by atoms with Crippen molar-refractivity contribution in [2.45, 2.75) is 38.9 Å². The minimum atomic E-state index is -0.120. The van der Waals surface area contributed by atoms with Crippen LogP contribution in [0.25, 0.3) is 0 Å². The first-order valence-electron chi connectivity index (χ1n) is 6.07. The smallest absolute Gasteiger partial charge is 0.323 e. The first-order valence-corrected chi connectivity index (χ1v) is 6.07. The largest absolute Gasteiger partial charge is 0.468 e. The van der Waals surface area contributed by atoms with E-state index in [0.29, 0.717) is 0 Å². The Hall–Kier alpha value is -1.36. The van der Waals surface area contributed by atoms with Crippen molar-refractivity contribution in [1.29, 1.82) is 0 Å². The lowest BCUT2D eigenvalue weighted by atomic mass is 10.2. The number of nitrogens with zero attached hydrogens (tertiary/aromatic N) is 3. The fourth-order valence-corrected chi connectivity index (χ4v) is 2.39. The number of aryl methyl sites for hydroxylation is 1. The van der Waals surface area contributed by atoms with Crippen molar-refractivity contribution in [2.24, 2.45) is 0 Å². The number of hydrogen-bond acceptors (Lipinski definition) is 4. The third kappa shape index (κ3) is 2.49. The average molecular weight is 237 g/mol. The van der Waals surface area contributed by atoms with Gasteiger partial charge in [-0.1, -0.05) is 0 Å². The van der Waals surface area contributed by atoms with Crippen LogP contribution >= 0.6 is 0 Å². The summed E-state index contributed by atoms with van der Waals surface area (Å²) in [5, 5.41) is 0. The van der Waals surface area contributed by atoms with E-state index in [1.54, 1.807) is 0 Å². The van der Waals surface area contributed by atoms with E-state index < -0.39 is 0 Å². The molecule has 0 aliphatic carbocycles. The van der Waals surface area contributed by atoms with E-state index in [2.05, 4.69) is 21.4 Å². The van der Waals surface area contributed by atoms with Gasteiger partial charge in [0.15, 0.2) is 0 Å². The Morgan fingerprint density at radius 1 is 1.65 bits per heavy atom. The predicted octanol–water partition coefficient (Wildman–Crippen LogP) is 1.04. The molecular formula is C12H19N3O2. The number of rotatable bonds is 4. The molecule has 5 nitrogen and oxygen atoms in total. The topological polar surface area (TPSA) is 47.4 Å². The van der Waals surface area contributed by atoms with E-state index in [1.807, 2.05) is 12.5 Å². The van der Waals surface area contributed by atoms with Gasteiger partial charge in [0.25, 0.3) is 0 Å². The zero-order valence-electron chi connectivity index (χ0n) is 10.4. The van der Waals surface area contributed by atoms with E-state index in [-0.39, 0.29) is 12.0 Å². The number of likely N-dealkylation sites (tertiary alicyclic amines) is 1. The van der Waals surface area contributed by atoms with Crippen LogP contribution in [-0.2, 0) is 22.6 Å². The summed E-state index contributed by atoms with van der Waals surface area (Å²) in [4.78, 5) is 17.9. The second kappa shape index (κ2) is 5.31. The predicted molar refractivity (Wildman–Crippen MR) is 63.3 cm³/mol. The monoisotopic (exact) mass is 237 g/mol. The Balaban J connectivity index is 2.05. The molecule has 0 saturated carbocycles. The van der Waals surface area contributed by atoms with E-state index in [4.69, 9.17) is 4.74 Å². The Bertz CT molecular complexity index is 389. The quantitative estimate of drug-likeness (QED) is 0.734. The molecule has 2 heterocycles. The van der Waals surface area contributed by atoms with Gasteiger partial charge in [-0.3, -0.25) is 9.69 Å². The molecular weight excluding hydrogens is 218 g/mol. The van der Waals surface area contributed by atoms with Gasteiger partial charge in [-0.2, -0.15) is 0 Å². The van der Waals surface area contributed by atoms with Crippen LogP contribution in [0.5, 0.6) is 0 Å². The summed E-state index contributed by atoms with van der Waals surface area (Å²) in [7, 11) is 1.45. The molecule has 0 amide bonds. The van der Waals surface area contributed by atoms with E-state index in [0.717, 1.165) is 38.2 Å². The molecule has 0 radical (unpaired) electrons. The molecule has 0 spiro atoms. The number of hydrogen-bond donors (Lipinski definition) is 0. The maximum Gasteiger partial charge on any atom is 0.323 e. The third-order valence-corrected chi connectivity index (χ3v) is 3.34. The van der Waals surface area contributed by atoms with Crippen LogP contribution in [0.1, 0.15) is 25.5 Å². The summed E-state index contributed by atoms with van der Waals surface area (Å²) in [6, 6.07) is -0.0831. The van der Waals surface area contributed by atoms with Gasteiger partial charge in [0.1, 0.15) is 6.04 Å². The van der Waals surface area contributed by atoms with Crippen LogP contribution in [0.2, 0.25) is 0 Å². The third-order valence-electron chi connectivity index (χ3n) is 3.34.